The van der Waals surface area contributed by atoms with Crippen molar-refractivity contribution in [3.05, 3.63) is 65.7 Å². The molecule has 2 rings (SSSR count). The number of carbonyl (C=O) groups excluding carboxylic acids is 3. The van der Waals surface area contributed by atoms with E-state index in [1.54, 1.807) is 42.5 Å². The Bertz CT molecular complexity index is 742. The van der Waals surface area contributed by atoms with Crippen LogP contribution in [0.4, 0.5) is 5.69 Å². The van der Waals surface area contributed by atoms with Gasteiger partial charge in [-0.3, -0.25) is 9.59 Å². The summed E-state index contributed by atoms with van der Waals surface area (Å²) in [6, 6.07) is 15.7. The van der Waals surface area contributed by atoms with Gasteiger partial charge in [-0.2, -0.15) is 0 Å². The molecular formula is C19H20N2O4. The fourth-order valence-corrected chi connectivity index (χ4v) is 2.04. The SMILES string of the molecule is Cc1ccc(NC(=O)CN(C)C(=O)COC(=O)c2ccccc2)cc1. The van der Waals surface area contributed by atoms with Crippen molar-refractivity contribution in [3.63, 3.8) is 0 Å². The minimum absolute atomic E-state index is 0.129. The van der Waals surface area contributed by atoms with Crippen molar-refractivity contribution in [1.82, 2.24) is 4.90 Å². The highest BCUT2D eigenvalue weighted by Crippen LogP contribution is 2.08. The molecule has 0 unspecified atom stereocenters. The maximum atomic E-state index is 12.0. The summed E-state index contributed by atoms with van der Waals surface area (Å²) in [7, 11) is 1.48. The highest BCUT2D eigenvalue weighted by Gasteiger charge is 2.16. The second-order valence-corrected chi connectivity index (χ2v) is 5.61. The maximum absolute atomic E-state index is 12.0. The first-order chi connectivity index (χ1) is 12.0. The molecule has 0 aliphatic carbocycles. The molecule has 6 nitrogen and oxygen atoms in total. The Hall–Kier alpha value is -3.15. The van der Waals surface area contributed by atoms with E-state index in [2.05, 4.69) is 5.32 Å². The molecule has 0 bridgehead atoms. The second kappa shape index (κ2) is 8.63. The molecule has 0 aliphatic heterocycles. The van der Waals surface area contributed by atoms with Crippen molar-refractivity contribution in [3.8, 4) is 0 Å². The zero-order valence-electron chi connectivity index (χ0n) is 14.2. The summed E-state index contributed by atoms with van der Waals surface area (Å²) >= 11 is 0. The molecule has 0 aromatic heterocycles. The number of amides is 2. The van der Waals surface area contributed by atoms with E-state index in [0.717, 1.165) is 5.56 Å². The van der Waals surface area contributed by atoms with Crippen molar-refractivity contribution in [2.75, 3.05) is 25.5 Å². The van der Waals surface area contributed by atoms with Crippen molar-refractivity contribution in [2.24, 2.45) is 0 Å². The number of likely N-dealkylation sites (N-methyl/N-ethyl adjacent to an activating group) is 1. The largest absolute Gasteiger partial charge is 0.452 e. The molecule has 25 heavy (non-hydrogen) atoms. The molecule has 0 radical (unpaired) electrons. The average molecular weight is 340 g/mol. The Kier molecular flexibility index (Phi) is 6.28. The first-order valence-corrected chi connectivity index (χ1v) is 7.78. The monoisotopic (exact) mass is 340 g/mol. The van der Waals surface area contributed by atoms with E-state index in [9.17, 15) is 14.4 Å². The quantitative estimate of drug-likeness (QED) is 0.819. The van der Waals surface area contributed by atoms with Crippen LogP contribution in [0, 0.1) is 6.92 Å². The second-order valence-electron chi connectivity index (χ2n) is 5.61. The Morgan fingerprint density at radius 3 is 2.28 bits per heavy atom. The van der Waals surface area contributed by atoms with E-state index in [0.29, 0.717) is 11.3 Å². The Labute approximate surface area is 146 Å². The topological polar surface area (TPSA) is 75.7 Å². The molecule has 130 valence electrons. The molecule has 2 aromatic carbocycles. The number of hydrogen-bond donors (Lipinski definition) is 1. The molecule has 2 aromatic rings. The van der Waals surface area contributed by atoms with Crippen molar-refractivity contribution >= 4 is 23.5 Å². The Morgan fingerprint density at radius 2 is 1.64 bits per heavy atom. The van der Waals surface area contributed by atoms with Crippen LogP contribution in [0.3, 0.4) is 0 Å². The lowest BCUT2D eigenvalue weighted by molar-refractivity contribution is -0.136. The summed E-state index contributed by atoms with van der Waals surface area (Å²) in [4.78, 5) is 36.9. The van der Waals surface area contributed by atoms with Crippen LogP contribution in [0.2, 0.25) is 0 Å². The fourth-order valence-electron chi connectivity index (χ4n) is 2.04. The predicted octanol–water partition coefficient (Wildman–Crippen LogP) is 2.25. The third kappa shape index (κ3) is 5.76. The zero-order chi connectivity index (χ0) is 18.2. The standard InChI is InChI=1S/C19H20N2O4/c1-14-8-10-16(11-9-14)20-17(22)12-21(2)18(23)13-25-19(24)15-6-4-3-5-7-15/h3-11H,12-13H2,1-2H3,(H,20,22). The van der Waals surface area contributed by atoms with Crippen LogP contribution in [-0.2, 0) is 14.3 Å². The molecule has 0 atom stereocenters. The highest BCUT2D eigenvalue weighted by atomic mass is 16.5. The lowest BCUT2D eigenvalue weighted by atomic mass is 10.2. The number of esters is 1. The number of carbonyl (C=O) groups is 3. The van der Waals surface area contributed by atoms with Gasteiger partial charge in [0.2, 0.25) is 5.91 Å². The lowest BCUT2D eigenvalue weighted by Gasteiger charge is -2.16. The van der Waals surface area contributed by atoms with Crippen molar-refractivity contribution in [2.45, 2.75) is 6.92 Å². The van der Waals surface area contributed by atoms with Gasteiger partial charge in [0.15, 0.2) is 6.61 Å². The maximum Gasteiger partial charge on any atom is 0.338 e. The predicted molar refractivity (Wildman–Crippen MR) is 94.2 cm³/mol. The van der Waals surface area contributed by atoms with Crippen LogP contribution < -0.4 is 5.32 Å². The van der Waals surface area contributed by atoms with Gasteiger partial charge in [-0.1, -0.05) is 35.9 Å². The van der Waals surface area contributed by atoms with E-state index in [-0.39, 0.29) is 12.5 Å². The van der Waals surface area contributed by atoms with E-state index in [4.69, 9.17) is 4.74 Å². The highest BCUT2D eigenvalue weighted by molar-refractivity contribution is 5.95. The van der Waals surface area contributed by atoms with E-state index < -0.39 is 18.5 Å². The van der Waals surface area contributed by atoms with Crippen LogP contribution in [0.5, 0.6) is 0 Å². The van der Waals surface area contributed by atoms with Gasteiger partial charge >= 0.3 is 5.97 Å². The third-order valence-electron chi connectivity index (χ3n) is 3.48. The van der Waals surface area contributed by atoms with Gasteiger partial charge in [0.05, 0.1) is 12.1 Å². The molecule has 1 N–H and O–H groups in total. The van der Waals surface area contributed by atoms with Crippen molar-refractivity contribution in [1.29, 1.82) is 0 Å². The normalized spacial score (nSPS) is 10.0. The number of nitrogens with zero attached hydrogens (tertiary/aromatic N) is 1. The number of anilines is 1. The van der Waals surface area contributed by atoms with Crippen LogP contribution in [0.25, 0.3) is 0 Å². The molecule has 0 heterocycles. The van der Waals surface area contributed by atoms with Gasteiger partial charge in [-0.25, -0.2) is 4.79 Å². The molecule has 2 amide bonds. The summed E-state index contributed by atoms with van der Waals surface area (Å²) in [5.41, 5.74) is 2.12. The van der Waals surface area contributed by atoms with Gasteiger partial charge in [-0.15, -0.1) is 0 Å². The Balaban J connectivity index is 1.78. The van der Waals surface area contributed by atoms with Gasteiger partial charge in [0.1, 0.15) is 0 Å². The third-order valence-corrected chi connectivity index (χ3v) is 3.48. The van der Waals surface area contributed by atoms with Gasteiger partial charge in [0, 0.05) is 12.7 Å². The van der Waals surface area contributed by atoms with Gasteiger partial charge in [-0.05, 0) is 31.2 Å². The molecule has 0 spiro atoms. The molecule has 0 saturated heterocycles. The van der Waals surface area contributed by atoms with Crippen LogP contribution in [0.15, 0.2) is 54.6 Å². The minimum atomic E-state index is -0.577. The summed E-state index contributed by atoms with van der Waals surface area (Å²) < 4.78 is 4.96. The first-order valence-electron chi connectivity index (χ1n) is 7.78. The molecule has 0 saturated carbocycles. The Morgan fingerprint density at radius 1 is 1.00 bits per heavy atom. The minimum Gasteiger partial charge on any atom is -0.452 e. The average Bonchev–Trinajstić information content (AvgIpc) is 2.62. The van der Waals surface area contributed by atoms with Crippen LogP contribution >= 0.6 is 0 Å². The van der Waals surface area contributed by atoms with E-state index in [1.807, 2.05) is 19.1 Å². The smallest absolute Gasteiger partial charge is 0.338 e. The van der Waals surface area contributed by atoms with Gasteiger partial charge < -0.3 is 15.0 Å². The van der Waals surface area contributed by atoms with Crippen LogP contribution in [0.1, 0.15) is 15.9 Å². The summed E-state index contributed by atoms with van der Waals surface area (Å²) in [6.45, 7) is 1.41. The number of hydrogen-bond acceptors (Lipinski definition) is 4. The number of benzene rings is 2. The summed E-state index contributed by atoms with van der Waals surface area (Å²) in [5, 5.41) is 2.71. The number of ether oxygens (including phenoxy) is 1. The van der Waals surface area contributed by atoms with E-state index >= 15 is 0 Å². The number of nitrogens with one attached hydrogen (secondary N) is 1. The van der Waals surface area contributed by atoms with Gasteiger partial charge in [0.25, 0.3) is 5.91 Å². The summed E-state index contributed by atoms with van der Waals surface area (Å²) in [5.74, 6) is -1.36. The molecule has 0 aliphatic rings. The molecule has 0 fully saturated rings. The zero-order valence-corrected chi connectivity index (χ0v) is 14.2. The van der Waals surface area contributed by atoms with E-state index in [1.165, 1.54) is 11.9 Å². The fraction of sp³-hybridized carbons (Fsp3) is 0.211. The molecule has 6 heteroatoms. The van der Waals surface area contributed by atoms with Crippen molar-refractivity contribution < 1.29 is 19.1 Å². The number of aryl methyl sites for hydroxylation is 1. The molecular weight excluding hydrogens is 320 g/mol. The lowest BCUT2D eigenvalue weighted by Crippen LogP contribution is -2.37. The first kappa shape index (κ1) is 18.2. The van der Waals surface area contributed by atoms with Crippen LogP contribution in [-0.4, -0.2) is 42.9 Å². The number of rotatable bonds is 6. The summed E-state index contributed by atoms with van der Waals surface area (Å²) in [6.07, 6.45) is 0.